The van der Waals surface area contributed by atoms with Crippen molar-refractivity contribution in [3.8, 4) is 11.5 Å². The third kappa shape index (κ3) is 5.03. The molecule has 0 saturated carbocycles. The zero-order valence-electron chi connectivity index (χ0n) is 13.0. The minimum absolute atomic E-state index is 0.107. The standard InChI is InChI=1S/C17H20FN3O2/c1-2-4-15(19)17(22)21-10-12-6-7-16(14(18)9-12)23-13-5-3-8-20-11-13/h3,5-9,11,15H,2,4,10,19H2,1H3,(H,21,22). The quantitative estimate of drug-likeness (QED) is 0.823. The van der Waals surface area contributed by atoms with Gasteiger partial charge in [-0.3, -0.25) is 9.78 Å². The van der Waals surface area contributed by atoms with Crippen LogP contribution in [0.5, 0.6) is 11.5 Å². The number of hydrogen-bond donors (Lipinski definition) is 2. The molecule has 0 aliphatic rings. The summed E-state index contributed by atoms with van der Waals surface area (Å²) in [5.74, 6) is -0.171. The van der Waals surface area contributed by atoms with E-state index in [0.29, 0.717) is 17.7 Å². The normalized spacial score (nSPS) is 11.8. The van der Waals surface area contributed by atoms with Crippen molar-refractivity contribution in [1.29, 1.82) is 0 Å². The monoisotopic (exact) mass is 317 g/mol. The van der Waals surface area contributed by atoms with Crippen molar-refractivity contribution in [2.45, 2.75) is 32.4 Å². The lowest BCUT2D eigenvalue weighted by molar-refractivity contribution is -0.122. The van der Waals surface area contributed by atoms with Gasteiger partial charge in [-0.1, -0.05) is 19.4 Å². The van der Waals surface area contributed by atoms with E-state index in [2.05, 4.69) is 10.3 Å². The second kappa shape index (κ2) is 8.24. The fourth-order valence-corrected chi connectivity index (χ4v) is 2.03. The molecule has 2 rings (SSSR count). The third-order valence-electron chi connectivity index (χ3n) is 3.26. The summed E-state index contributed by atoms with van der Waals surface area (Å²) in [6.07, 6.45) is 4.57. The molecule has 1 aromatic heterocycles. The van der Waals surface area contributed by atoms with Crippen LogP contribution >= 0.6 is 0 Å². The second-order valence-corrected chi connectivity index (χ2v) is 5.17. The van der Waals surface area contributed by atoms with Crippen molar-refractivity contribution in [3.63, 3.8) is 0 Å². The number of aromatic nitrogens is 1. The molecule has 1 amide bonds. The Kier molecular flexibility index (Phi) is 6.05. The average molecular weight is 317 g/mol. The number of rotatable bonds is 7. The molecule has 6 heteroatoms. The molecule has 122 valence electrons. The number of ether oxygens (including phenoxy) is 1. The van der Waals surface area contributed by atoms with Gasteiger partial charge in [-0.15, -0.1) is 0 Å². The number of amides is 1. The van der Waals surface area contributed by atoms with Gasteiger partial charge in [-0.05, 0) is 36.2 Å². The molecule has 0 bridgehead atoms. The zero-order valence-corrected chi connectivity index (χ0v) is 13.0. The molecular weight excluding hydrogens is 297 g/mol. The molecule has 0 spiro atoms. The van der Waals surface area contributed by atoms with E-state index in [9.17, 15) is 9.18 Å². The number of nitrogens with zero attached hydrogens (tertiary/aromatic N) is 1. The highest BCUT2D eigenvalue weighted by atomic mass is 19.1. The molecule has 23 heavy (non-hydrogen) atoms. The van der Waals surface area contributed by atoms with Gasteiger partial charge in [0.15, 0.2) is 11.6 Å². The van der Waals surface area contributed by atoms with Gasteiger partial charge < -0.3 is 15.8 Å². The summed E-state index contributed by atoms with van der Waals surface area (Å²) in [5, 5.41) is 2.70. The Morgan fingerprint density at radius 2 is 2.26 bits per heavy atom. The van der Waals surface area contributed by atoms with Crippen molar-refractivity contribution < 1.29 is 13.9 Å². The Balaban J connectivity index is 1.95. The van der Waals surface area contributed by atoms with E-state index in [-0.39, 0.29) is 18.2 Å². The number of halogens is 1. The van der Waals surface area contributed by atoms with E-state index in [0.717, 1.165) is 6.42 Å². The van der Waals surface area contributed by atoms with E-state index >= 15 is 0 Å². The average Bonchev–Trinajstić information content (AvgIpc) is 2.56. The summed E-state index contributed by atoms with van der Waals surface area (Å²) < 4.78 is 19.5. The summed E-state index contributed by atoms with van der Waals surface area (Å²) in [4.78, 5) is 15.6. The molecule has 1 aromatic carbocycles. The van der Waals surface area contributed by atoms with Gasteiger partial charge in [0.25, 0.3) is 0 Å². The molecule has 1 atom stereocenters. The number of benzene rings is 1. The maximum absolute atomic E-state index is 14.1. The molecular formula is C17H20FN3O2. The lowest BCUT2D eigenvalue weighted by Gasteiger charge is -2.12. The van der Waals surface area contributed by atoms with E-state index in [1.807, 2.05) is 6.92 Å². The molecule has 1 heterocycles. The number of carbonyl (C=O) groups excluding carboxylic acids is 1. The lowest BCUT2D eigenvalue weighted by atomic mass is 10.1. The topological polar surface area (TPSA) is 77.2 Å². The highest BCUT2D eigenvalue weighted by molar-refractivity contribution is 5.81. The Hall–Kier alpha value is -2.47. The molecule has 0 radical (unpaired) electrons. The molecule has 0 fully saturated rings. The summed E-state index contributed by atoms with van der Waals surface area (Å²) in [7, 11) is 0. The van der Waals surface area contributed by atoms with Crippen molar-refractivity contribution in [2.75, 3.05) is 0 Å². The highest BCUT2D eigenvalue weighted by Crippen LogP contribution is 2.24. The number of hydrogen-bond acceptors (Lipinski definition) is 4. The van der Waals surface area contributed by atoms with Crippen LogP contribution in [-0.2, 0) is 11.3 Å². The fourth-order valence-electron chi connectivity index (χ4n) is 2.03. The Morgan fingerprint density at radius 1 is 1.43 bits per heavy atom. The number of nitrogens with one attached hydrogen (secondary N) is 1. The third-order valence-corrected chi connectivity index (χ3v) is 3.26. The van der Waals surface area contributed by atoms with Crippen LogP contribution in [0, 0.1) is 5.82 Å². The first-order valence-corrected chi connectivity index (χ1v) is 7.49. The van der Waals surface area contributed by atoms with Crippen LogP contribution in [-0.4, -0.2) is 16.9 Å². The highest BCUT2D eigenvalue weighted by Gasteiger charge is 2.12. The smallest absolute Gasteiger partial charge is 0.237 e. The van der Waals surface area contributed by atoms with Gasteiger partial charge in [-0.2, -0.15) is 0 Å². The van der Waals surface area contributed by atoms with Crippen LogP contribution in [0.1, 0.15) is 25.3 Å². The van der Waals surface area contributed by atoms with Gasteiger partial charge in [-0.25, -0.2) is 4.39 Å². The van der Waals surface area contributed by atoms with Crippen LogP contribution in [0.4, 0.5) is 4.39 Å². The molecule has 0 saturated heterocycles. The SMILES string of the molecule is CCCC(N)C(=O)NCc1ccc(Oc2cccnc2)c(F)c1. The van der Waals surface area contributed by atoms with Gasteiger partial charge in [0.1, 0.15) is 5.75 Å². The minimum atomic E-state index is -0.530. The van der Waals surface area contributed by atoms with E-state index in [4.69, 9.17) is 10.5 Å². The number of carbonyl (C=O) groups is 1. The first kappa shape index (κ1) is 16.9. The van der Waals surface area contributed by atoms with E-state index < -0.39 is 11.9 Å². The molecule has 0 aliphatic heterocycles. The molecule has 0 aliphatic carbocycles. The van der Waals surface area contributed by atoms with Crippen LogP contribution in [0.2, 0.25) is 0 Å². The van der Waals surface area contributed by atoms with Gasteiger partial charge in [0.2, 0.25) is 5.91 Å². The van der Waals surface area contributed by atoms with Crippen molar-refractivity contribution in [1.82, 2.24) is 10.3 Å². The fraction of sp³-hybridized carbons (Fsp3) is 0.294. The summed E-state index contributed by atoms with van der Waals surface area (Å²) in [5.41, 5.74) is 6.36. The number of nitrogens with two attached hydrogens (primary N) is 1. The van der Waals surface area contributed by atoms with Gasteiger partial charge in [0, 0.05) is 12.7 Å². The van der Waals surface area contributed by atoms with Gasteiger partial charge in [0.05, 0.1) is 12.2 Å². The Morgan fingerprint density at radius 3 is 2.91 bits per heavy atom. The summed E-state index contributed by atoms with van der Waals surface area (Å²) in [6.45, 7) is 2.18. The Labute approximate surface area is 134 Å². The second-order valence-electron chi connectivity index (χ2n) is 5.17. The Bertz CT molecular complexity index is 650. The predicted octanol–water partition coefficient (Wildman–Crippen LogP) is 2.76. The van der Waals surface area contributed by atoms with Crippen LogP contribution < -0.4 is 15.8 Å². The zero-order chi connectivity index (χ0) is 16.7. The van der Waals surface area contributed by atoms with Crippen molar-refractivity contribution in [3.05, 3.63) is 54.1 Å². The van der Waals surface area contributed by atoms with Crippen LogP contribution in [0.25, 0.3) is 0 Å². The maximum Gasteiger partial charge on any atom is 0.237 e. The first-order valence-electron chi connectivity index (χ1n) is 7.49. The first-order chi connectivity index (χ1) is 11.1. The van der Waals surface area contributed by atoms with E-state index in [1.54, 1.807) is 24.4 Å². The minimum Gasteiger partial charge on any atom is -0.453 e. The molecule has 1 unspecified atom stereocenters. The molecule has 3 N–H and O–H groups in total. The van der Waals surface area contributed by atoms with Crippen LogP contribution in [0.3, 0.4) is 0 Å². The van der Waals surface area contributed by atoms with E-state index in [1.165, 1.54) is 18.3 Å². The summed E-state index contributed by atoms with van der Waals surface area (Å²) in [6, 6.07) is 7.41. The maximum atomic E-state index is 14.1. The molecule has 2 aromatic rings. The van der Waals surface area contributed by atoms with Gasteiger partial charge >= 0.3 is 0 Å². The number of pyridine rings is 1. The largest absolute Gasteiger partial charge is 0.453 e. The summed E-state index contributed by atoms with van der Waals surface area (Å²) >= 11 is 0. The van der Waals surface area contributed by atoms with Crippen LogP contribution in [0.15, 0.2) is 42.7 Å². The predicted molar refractivity (Wildman–Crippen MR) is 85.4 cm³/mol. The lowest BCUT2D eigenvalue weighted by Crippen LogP contribution is -2.40. The van der Waals surface area contributed by atoms with Crippen molar-refractivity contribution >= 4 is 5.91 Å². The van der Waals surface area contributed by atoms with Crippen molar-refractivity contribution in [2.24, 2.45) is 5.73 Å². The molecule has 5 nitrogen and oxygen atoms in total.